The van der Waals surface area contributed by atoms with Gasteiger partial charge in [-0.25, -0.2) is 0 Å². The van der Waals surface area contributed by atoms with Crippen LogP contribution in [0.4, 0.5) is 0 Å². The minimum atomic E-state index is -0.638. The molecule has 0 radical (unpaired) electrons. The number of alkyl halides is 1. The van der Waals surface area contributed by atoms with Crippen LogP contribution in [-0.2, 0) is 16.0 Å². The van der Waals surface area contributed by atoms with Crippen LogP contribution in [0.1, 0.15) is 5.01 Å². The number of hydrogen-bond acceptors (Lipinski definition) is 5. The van der Waals surface area contributed by atoms with Crippen LogP contribution in [-0.4, -0.2) is 22.2 Å². The number of aromatic nitrogens is 2. The number of carbonyl (C=O) groups excluding carboxylic acids is 1. The lowest BCUT2D eigenvalue weighted by atomic mass is 10.5. The molecular weight excluding hydrogens is 188 g/mol. The van der Waals surface area contributed by atoms with Crippen molar-refractivity contribution in [3.8, 4) is 0 Å². The van der Waals surface area contributed by atoms with E-state index in [0.717, 1.165) is 5.01 Å². The van der Waals surface area contributed by atoms with E-state index in [0.29, 0.717) is 12.9 Å². The number of rotatable bonds is 4. The summed E-state index contributed by atoms with van der Waals surface area (Å²) in [5.41, 5.74) is 0.959. The second kappa shape index (κ2) is 4.25. The first-order chi connectivity index (χ1) is 5.33. The maximum atomic E-state index is 9.80. The Morgan fingerprint density at radius 2 is 2.73 bits per heavy atom. The summed E-state index contributed by atoms with van der Waals surface area (Å²) in [7, 11) is 0. The quantitative estimate of drug-likeness (QED) is 0.524. The van der Waals surface area contributed by atoms with Gasteiger partial charge >= 0.3 is 0 Å². The van der Waals surface area contributed by atoms with Crippen LogP contribution < -0.4 is 0 Å². The fraction of sp³-hybridized carbons (Fsp3) is 0.400. The van der Waals surface area contributed by atoms with Gasteiger partial charge in [0.15, 0.2) is 5.56 Å². The number of carbonyl (C=O) groups is 1. The third-order valence-electron chi connectivity index (χ3n) is 0.943. The minimum Gasteiger partial charge on any atom is -0.448 e. The van der Waals surface area contributed by atoms with Crippen LogP contribution in [0.3, 0.4) is 0 Å². The van der Waals surface area contributed by atoms with E-state index in [1.165, 1.54) is 11.3 Å². The van der Waals surface area contributed by atoms with Crippen molar-refractivity contribution in [3.05, 3.63) is 10.5 Å². The molecule has 0 fully saturated rings. The van der Waals surface area contributed by atoms with Gasteiger partial charge in [0.1, 0.15) is 10.5 Å². The lowest BCUT2D eigenvalue weighted by molar-refractivity contribution is -0.130. The Kier molecular flexibility index (Phi) is 3.25. The molecule has 0 amide bonds. The van der Waals surface area contributed by atoms with Gasteiger partial charge in [-0.05, 0) is 0 Å². The summed E-state index contributed by atoms with van der Waals surface area (Å²) in [6.07, 6.45) is 0.408. The molecule has 0 bridgehead atoms. The van der Waals surface area contributed by atoms with Crippen LogP contribution in [0.15, 0.2) is 5.51 Å². The first kappa shape index (κ1) is 8.42. The third kappa shape index (κ3) is 2.81. The van der Waals surface area contributed by atoms with Crippen molar-refractivity contribution in [2.75, 3.05) is 0 Å². The number of nitrogens with zero attached hydrogens (tertiary/aromatic N) is 2. The molecule has 0 spiro atoms. The number of hydrogen-bond donors (Lipinski definition) is 0. The molecule has 4 nitrogen and oxygen atoms in total. The molecule has 11 heavy (non-hydrogen) atoms. The molecule has 0 aliphatic heterocycles. The normalized spacial score (nSPS) is 12.5. The van der Waals surface area contributed by atoms with Gasteiger partial charge in [-0.1, -0.05) is 11.6 Å². The molecule has 1 atom stereocenters. The van der Waals surface area contributed by atoms with E-state index in [2.05, 4.69) is 14.9 Å². The van der Waals surface area contributed by atoms with Crippen LogP contribution in [0.25, 0.3) is 0 Å². The number of ether oxygens (including phenoxy) is 1. The van der Waals surface area contributed by atoms with Crippen molar-refractivity contribution < 1.29 is 9.53 Å². The fourth-order valence-electron chi connectivity index (χ4n) is 0.531. The summed E-state index contributed by atoms with van der Waals surface area (Å²) < 4.78 is 4.44. The number of halogens is 1. The van der Waals surface area contributed by atoms with Crippen molar-refractivity contribution >= 4 is 29.4 Å². The van der Waals surface area contributed by atoms with E-state index < -0.39 is 5.56 Å². The smallest absolute Gasteiger partial charge is 0.294 e. The first-order valence-electron chi connectivity index (χ1n) is 2.81. The first-order valence-corrected chi connectivity index (χ1v) is 4.12. The molecule has 1 unspecified atom stereocenters. The Balaban J connectivity index is 2.37. The van der Waals surface area contributed by atoms with Gasteiger partial charge < -0.3 is 4.74 Å². The SMILES string of the molecule is O=COC(Cl)Cc1nncs1. The zero-order valence-electron chi connectivity index (χ0n) is 5.44. The summed E-state index contributed by atoms with van der Waals surface area (Å²) >= 11 is 6.93. The van der Waals surface area contributed by atoms with Crippen molar-refractivity contribution in [1.82, 2.24) is 10.2 Å². The van der Waals surface area contributed by atoms with Gasteiger partial charge in [-0.15, -0.1) is 21.5 Å². The molecule has 1 heterocycles. The van der Waals surface area contributed by atoms with Gasteiger partial charge in [0.2, 0.25) is 0 Å². The molecule has 0 N–H and O–H groups in total. The summed E-state index contributed by atoms with van der Waals surface area (Å²) in [5, 5.41) is 8.08. The Morgan fingerprint density at radius 3 is 3.27 bits per heavy atom. The Bertz CT molecular complexity index is 216. The van der Waals surface area contributed by atoms with Gasteiger partial charge in [-0.2, -0.15) is 0 Å². The van der Waals surface area contributed by atoms with Crippen LogP contribution in [0.2, 0.25) is 0 Å². The highest BCUT2D eigenvalue weighted by Gasteiger charge is 2.07. The molecule has 1 rings (SSSR count). The Labute approximate surface area is 72.2 Å². The van der Waals surface area contributed by atoms with Crippen LogP contribution in [0.5, 0.6) is 0 Å². The van der Waals surface area contributed by atoms with E-state index in [1.807, 2.05) is 0 Å². The fourth-order valence-corrected chi connectivity index (χ4v) is 1.37. The third-order valence-corrected chi connectivity index (χ3v) is 1.92. The molecule has 0 saturated heterocycles. The zero-order chi connectivity index (χ0) is 8.10. The van der Waals surface area contributed by atoms with Gasteiger partial charge in [0.05, 0.1) is 6.42 Å². The second-order valence-corrected chi connectivity index (χ2v) is 3.08. The standard InChI is InChI=1S/C5H5ClN2O2S/c6-4(10-3-9)1-5-8-7-2-11-5/h2-4H,1H2. The summed E-state index contributed by atoms with van der Waals surface area (Å²) in [6.45, 7) is 0.318. The van der Waals surface area contributed by atoms with E-state index in [-0.39, 0.29) is 0 Å². The average Bonchev–Trinajstić information content (AvgIpc) is 2.40. The highest BCUT2D eigenvalue weighted by atomic mass is 35.5. The van der Waals surface area contributed by atoms with Crippen molar-refractivity contribution in [2.45, 2.75) is 12.0 Å². The predicted octanol–water partition coefficient (Wildman–Crippen LogP) is 0.819. The Hall–Kier alpha value is -0.680. The predicted molar refractivity (Wildman–Crippen MR) is 40.4 cm³/mol. The molecule has 0 aromatic carbocycles. The van der Waals surface area contributed by atoms with Gasteiger partial charge in [0.25, 0.3) is 6.47 Å². The maximum absolute atomic E-state index is 9.80. The lowest BCUT2D eigenvalue weighted by Crippen LogP contribution is -2.06. The van der Waals surface area contributed by atoms with E-state index in [1.54, 1.807) is 5.51 Å². The topological polar surface area (TPSA) is 52.1 Å². The second-order valence-electron chi connectivity index (χ2n) is 1.68. The molecule has 1 aromatic heterocycles. The summed E-state index contributed by atoms with van der Waals surface area (Å²) in [5.74, 6) is 0. The summed E-state index contributed by atoms with van der Waals surface area (Å²) in [4.78, 5) is 9.80. The monoisotopic (exact) mass is 192 g/mol. The molecule has 0 aliphatic carbocycles. The molecule has 0 saturated carbocycles. The molecule has 0 aliphatic rings. The average molecular weight is 193 g/mol. The minimum absolute atomic E-state index is 0.318. The molecule has 60 valence electrons. The van der Waals surface area contributed by atoms with E-state index in [9.17, 15) is 4.79 Å². The van der Waals surface area contributed by atoms with Crippen LogP contribution >= 0.6 is 22.9 Å². The largest absolute Gasteiger partial charge is 0.448 e. The van der Waals surface area contributed by atoms with E-state index in [4.69, 9.17) is 11.6 Å². The van der Waals surface area contributed by atoms with Crippen molar-refractivity contribution in [1.29, 1.82) is 0 Å². The van der Waals surface area contributed by atoms with Crippen molar-refractivity contribution in [2.24, 2.45) is 0 Å². The zero-order valence-corrected chi connectivity index (χ0v) is 7.01. The molecular formula is C5H5ClN2O2S. The highest BCUT2D eigenvalue weighted by molar-refractivity contribution is 7.09. The maximum Gasteiger partial charge on any atom is 0.294 e. The lowest BCUT2D eigenvalue weighted by Gasteiger charge is -2.02. The van der Waals surface area contributed by atoms with E-state index >= 15 is 0 Å². The molecule has 1 aromatic rings. The molecule has 6 heteroatoms. The Morgan fingerprint density at radius 1 is 1.91 bits per heavy atom. The summed E-state index contributed by atoms with van der Waals surface area (Å²) in [6, 6.07) is 0. The van der Waals surface area contributed by atoms with Gasteiger partial charge in [0, 0.05) is 0 Å². The highest BCUT2D eigenvalue weighted by Crippen LogP contribution is 2.09. The van der Waals surface area contributed by atoms with Crippen LogP contribution in [0, 0.1) is 0 Å². The van der Waals surface area contributed by atoms with Gasteiger partial charge in [-0.3, -0.25) is 4.79 Å². The van der Waals surface area contributed by atoms with Crippen molar-refractivity contribution in [3.63, 3.8) is 0 Å².